The standard InChI is InChI=1S/C20H24N6O/c21-11-16-2-1-3-17(10-16)20-22-12-18(13-23-20)19-14-24-26(15-19)5-4-25-6-8-27-9-7-25/h1-3,10,12-15H,4-9,11,21H2. The fourth-order valence-electron chi connectivity index (χ4n) is 3.17. The van der Waals surface area contributed by atoms with Crippen LogP contribution >= 0.6 is 0 Å². The molecular weight excluding hydrogens is 340 g/mol. The van der Waals surface area contributed by atoms with E-state index in [0.29, 0.717) is 12.4 Å². The number of nitrogens with two attached hydrogens (primary N) is 1. The van der Waals surface area contributed by atoms with Crippen LogP contribution in [0.4, 0.5) is 0 Å². The molecule has 3 heterocycles. The Hall–Kier alpha value is -2.61. The van der Waals surface area contributed by atoms with Gasteiger partial charge in [-0.1, -0.05) is 18.2 Å². The fourth-order valence-corrected chi connectivity index (χ4v) is 3.17. The average Bonchev–Trinajstić information content (AvgIpc) is 3.22. The summed E-state index contributed by atoms with van der Waals surface area (Å²) < 4.78 is 7.36. The molecule has 140 valence electrons. The van der Waals surface area contributed by atoms with Gasteiger partial charge >= 0.3 is 0 Å². The van der Waals surface area contributed by atoms with Gasteiger partial charge in [0.05, 0.1) is 26.0 Å². The van der Waals surface area contributed by atoms with Gasteiger partial charge in [0.2, 0.25) is 0 Å². The highest BCUT2D eigenvalue weighted by Gasteiger charge is 2.11. The number of benzene rings is 1. The van der Waals surface area contributed by atoms with Crippen LogP contribution in [0.25, 0.3) is 22.5 Å². The molecule has 0 amide bonds. The molecule has 3 aromatic rings. The Morgan fingerprint density at radius 2 is 1.78 bits per heavy atom. The van der Waals surface area contributed by atoms with E-state index in [2.05, 4.69) is 20.0 Å². The van der Waals surface area contributed by atoms with E-state index in [9.17, 15) is 0 Å². The van der Waals surface area contributed by atoms with Gasteiger partial charge in [-0.3, -0.25) is 9.58 Å². The van der Waals surface area contributed by atoms with E-state index in [0.717, 1.165) is 61.6 Å². The lowest BCUT2D eigenvalue weighted by Crippen LogP contribution is -2.38. The summed E-state index contributed by atoms with van der Waals surface area (Å²) in [6.45, 7) is 5.99. The van der Waals surface area contributed by atoms with E-state index in [1.165, 1.54) is 0 Å². The third kappa shape index (κ3) is 4.39. The molecular formula is C20H24N6O. The number of hydrogen-bond acceptors (Lipinski definition) is 6. The first-order valence-corrected chi connectivity index (χ1v) is 9.26. The number of ether oxygens (including phenoxy) is 1. The van der Waals surface area contributed by atoms with Gasteiger partial charge in [0.15, 0.2) is 5.82 Å². The zero-order chi connectivity index (χ0) is 18.5. The van der Waals surface area contributed by atoms with Gasteiger partial charge in [0.1, 0.15) is 0 Å². The zero-order valence-electron chi connectivity index (χ0n) is 15.3. The Balaban J connectivity index is 1.42. The van der Waals surface area contributed by atoms with E-state index in [4.69, 9.17) is 10.5 Å². The molecule has 1 aromatic carbocycles. The van der Waals surface area contributed by atoms with E-state index < -0.39 is 0 Å². The molecule has 1 aliphatic heterocycles. The first-order chi connectivity index (χ1) is 13.3. The van der Waals surface area contributed by atoms with Crippen LogP contribution in [-0.2, 0) is 17.8 Å². The first-order valence-electron chi connectivity index (χ1n) is 9.26. The van der Waals surface area contributed by atoms with E-state index in [1.54, 1.807) is 0 Å². The predicted molar refractivity (Wildman–Crippen MR) is 104 cm³/mol. The van der Waals surface area contributed by atoms with Crippen molar-refractivity contribution in [3.8, 4) is 22.5 Å². The molecule has 1 saturated heterocycles. The number of nitrogens with zero attached hydrogens (tertiary/aromatic N) is 5. The highest BCUT2D eigenvalue weighted by Crippen LogP contribution is 2.20. The second-order valence-electron chi connectivity index (χ2n) is 6.65. The Bertz CT molecular complexity index is 870. The maximum absolute atomic E-state index is 5.71. The Labute approximate surface area is 158 Å². The van der Waals surface area contributed by atoms with Crippen molar-refractivity contribution in [3.05, 3.63) is 54.6 Å². The third-order valence-corrected chi connectivity index (χ3v) is 4.79. The number of hydrogen-bond donors (Lipinski definition) is 1. The normalized spacial score (nSPS) is 15.1. The summed E-state index contributed by atoms with van der Waals surface area (Å²) >= 11 is 0. The van der Waals surface area contributed by atoms with E-state index in [-0.39, 0.29) is 0 Å². The Kier molecular flexibility index (Phi) is 5.53. The maximum atomic E-state index is 5.71. The van der Waals surface area contributed by atoms with Crippen molar-refractivity contribution in [1.82, 2.24) is 24.6 Å². The van der Waals surface area contributed by atoms with Gasteiger partial charge in [0, 0.05) is 61.5 Å². The molecule has 0 spiro atoms. The SMILES string of the molecule is NCc1cccc(-c2ncc(-c3cnn(CCN4CCOCC4)c3)cn2)c1. The lowest BCUT2D eigenvalue weighted by molar-refractivity contribution is 0.0360. The molecule has 4 rings (SSSR count). The van der Waals surface area contributed by atoms with Crippen LogP contribution in [0.1, 0.15) is 5.56 Å². The summed E-state index contributed by atoms with van der Waals surface area (Å²) in [4.78, 5) is 11.4. The van der Waals surface area contributed by atoms with Gasteiger partial charge in [-0.15, -0.1) is 0 Å². The van der Waals surface area contributed by atoms with Gasteiger partial charge in [-0.05, 0) is 11.6 Å². The second kappa shape index (κ2) is 8.39. The summed E-state index contributed by atoms with van der Waals surface area (Å²) in [6, 6.07) is 8.01. The van der Waals surface area contributed by atoms with Gasteiger partial charge in [0.25, 0.3) is 0 Å². The van der Waals surface area contributed by atoms with Crippen molar-refractivity contribution in [2.75, 3.05) is 32.8 Å². The maximum Gasteiger partial charge on any atom is 0.159 e. The summed E-state index contributed by atoms with van der Waals surface area (Å²) in [5, 5.41) is 4.47. The van der Waals surface area contributed by atoms with Crippen molar-refractivity contribution in [2.45, 2.75) is 13.1 Å². The van der Waals surface area contributed by atoms with Crippen molar-refractivity contribution in [3.63, 3.8) is 0 Å². The molecule has 0 radical (unpaired) electrons. The van der Waals surface area contributed by atoms with Crippen LogP contribution in [0.3, 0.4) is 0 Å². The molecule has 7 heteroatoms. The molecule has 0 aliphatic carbocycles. The summed E-state index contributed by atoms with van der Waals surface area (Å²) in [6.07, 6.45) is 7.61. The molecule has 2 aromatic heterocycles. The molecule has 1 fully saturated rings. The molecule has 7 nitrogen and oxygen atoms in total. The van der Waals surface area contributed by atoms with Crippen LogP contribution in [0, 0.1) is 0 Å². The quantitative estimate of drug-likeness (QED) is 0.718. The van der Waals surface area contributed by atoms with Crippen LogP contribution in [0.15, 0.2) is 49.1 Å². The second-order valence-corrected chi connectivity index (χ2v) is 6.65. The molecule has 1 aliphatic rings. The highest BCUT2D eigenvalue weighted by atomic mass is 16.5. The van der Waals surface area contributed by atoms with Crippen LogP contribution < -0.4 is 5.73 Å². The zero-order valence-corrected chi connectivity index (χ0v) is 15.3. The molecule has 2 N–H and O–H groups in total. The highest BCUT2D eigenvalue weighted by molar-refractivity contribution is 5.62. The number of morpholine rings is 1. The lowest BCUT2D eigenvalue weighted by atomic mass is 10.1. The van der Waals surface area contributed by atoms with Crippen molar-refractivity contribution >= 4 is 0 Å². The molecule has 27 heavy (non-hydrogen) atoms. The summed E-state index contributed by atoms with van der Waals surface area (Å²) in [5.74, 6) is 0.703. The van der Waals surface area contributed by atoms with E-state index >= 15 is 0 Å². The van der Waals surface area contributed by atoms with Crippen LogP contribution in [0.2, 0.25) is 0 Å². The minimum Gasteiger partial charge on any atom is -0.379 e. The number of aromatic nitrogens is 4. The summed E-state index contributed by atoms with van der Waals surface area (Å²) in [7, 11) is 0. The van der Waals surface area contributed by atoms with Crippen LogP contribution in [-0.4, -0.2) is 57.5 Å². The van der Waals surface area contributed by atoms with Crippen LogP contribution in [0.5, 0.6) is 0 Å². The largest absolute Gasteiger partial charge is 0.379 e. The van der Waals surface area contributed by atoms with Crippen molar-refractivity contribution in [2.24, 2.45) is 5.73 Å². The monoisotopic (exact) mass is 364 g/mol. The molecule has 0 bridgehead atoms. The van der Waals surface area contributed by atoms with Crippen molar-refractivity contribution < 1.29 is 4.74 Å². The van der Waals surface area contributed by atoms with E-state index in [1.807, 2.05) is 53.7 Å². The Morgan fingerprint density at radius 3 is 2.56 bits per heavy atom. The average molecular weight is 364 g/mol. The minimum atomic E-state index is 0.509. The van der Waals surface area contributed by atoms with Gasteiger partial charge < -0.3 is 10.5 Å². The fraction of sp³-hybridized carbons (Fsp3) is 0.350. The van der Waals surface area contributed by atoms with Gasteiger partial charge in [-0.2, -0.15) is 5.10 Å². The minimum absolute atomic E-state index is 0.509. The topological polar surface area (TPSA) is 82.1 Å². The number of rotatable bonds is 6. The Morgan fingerprint density at radius 1 is 0.963 bits per heavy atom. The molecule has 0 unspecified atom stereocenters. The lowest BCUT2D eigenvalue weighted by Gasteiger charge is -2.26. The predicted octanol–water partition coefficient (Wildman–Crippen LogP) is 1.80. The molecule has 0 saturated carbocycles. The molecule has 0 atom stereocenters. The summed E-state index contributed by atoms with van der Waals surface area (Å²) in [5.41, 5.74) is 9.75. The smallest absolute Gasteiger partial charge is 0.159 e. The van der Waals surface area contributed by atoms with Crippen molar-refractivity contribution in [1.29, 1.82) is 0 Å². The third-order valence-electron chi connectivity index (χ3n) is 4.79. The van der Waals surface area contributed by atoms with Gasteiger partial charge in [-0.25, -0.2) is 9.97 Å². The first kappa shape index (κ1) is 17.8.